The predicted molar refractivity (Wildman–Crippen MR) is 103 cm³/mol. The van der Waals surface area contributed by atoms with Crippen LogP contribution in [0.25, 0.3) is 11.1 Å². The summed E-state index contributed by atoms with van der Waals surface area (Å²) in [6, 6.07) is 14.8. The molecule has 1 amide bonds. The Morgan fingerprint density at radius 1 is 1.25 bits per heavy atom. The lowest BCUT2D eigenvalue weighted by Crippen LogP contribution is -2.19. The molecule has 0 aliphatic carbocycles. The van der Waals surface area contributed by atoms with Gasteiger partial charge in [0, 0.05) is 13.1 Å². The Balaban J connectivity index is 2.16. The summed E-state index contributed by atoms with van der Waals surface area (Å²) in [5.41, 5.74) is 2.62. The third-order valence-corrected chi connectivity index (χ3v) is 4.54. The lowest BCUT2D eigenvalue weighted by atomic mass is 9.92. The molecule has 1 heterocycles. The van der Waals surface area contributed by atoms with Crippen molar-refractivity contribution >= 4 is 5.91 Å². The molecular weight excluding hydrogens is 359 g/mol. The van der Waals surface area contributed by atoms with Crippen LogP contribution in [0.4, 0.5) is 4.39 Å². The Kier molecular flexibility index (Phi) is 5.41. The summed E-state index contributed by atoms with van der Waals surface area (Å²) in [4.78, 5) is 11.9. The number of nitriles is 1. The van der Waals surface area contributed by atoms with Gasteiger partial charge in [-0.05, 0) is 41.8 Å². The number of hydrogen-bond acceptors (Lipinski definition) is 4. The Morgan fingerprint density at radius 3 is 2.68 bits per heavy atom. The topological polar surface area (TPSA) is 79.9 Å². The van der Waals surface area contributed by atoms with Crippen molar-refractivity contribution in [2.24, 2.45) is 0 Å². The Labute approximate surface area is 162 Å². The van der Waals surface area contributed by atoms with Crippen molar-refractivity contribution in [1.82, 2.24) is 15.1 Å². The quantitative estimate of drug-likeness (QED) is 0.736. The normalized spacial score (nSPS) is 11.5. The van der Waals surface area contributed by atoms with Crippen molar-refractivity contribution < 1.29 is 13.9 Å². The third-order valence-electron chi connectivity index (χ3n) is 4.54. The van der Waals surface area contributed by atoms with E-state index in [0.29, 0.717) is 22.6 Å². The minimum absolute atomic E-state index is 0.215. The van der Waals surface area contributed by atoms with Gasteiger partial charge in [-0.15, -0.1) is 0 Å². The van der Waals surface area contributed by atoms with Crippen LogP contribution < -0.4 is 10.1 Å². The molecule has 0 bridgehead atoms. The van der Waals surface area contributed by atoms with Crippen molar-refractivity contribution in [3.8, 4) is 23.1 Å². The van der Waals surface area contributed by atoms with E-state index in [0.717, 1.165) is 5.56 Å². The lowest BCUT2D eigenvalue weighted by Gasteiger charge is -2.19. The molecule has 0 radical (unpaired) electrons. The highest BCUT2D eigenvalue weighted by molar-refractivity contribution is 5.92. The van der Waals surface area contributed by atoms with Crippen LogP contribution in [0, 0.1) is 17.1 Å². The van der Waals surface area contributed by atoms with Crippen molar-refractivity contribution in [2.45, 2.75) is 13.0 Å². The predicted octanol–water partition coefficient (Wildman–Crippen LogP) is 3.54. The molecule has 0 saturated heterocycles. The van der Waals surface area contributed by atoms with Crippen LogP contribution in [0.3, 0.4) is 0 Å². The summed E-state index contributed by atoms with van der Waals surface area (Å²) < 4.78 is 21.0. The summed E-state index contributed by atoms with van der Waals surface area (Å²) in [5.74, 6) is -0.342. The number of halogens is 1. The molecule has 1 atom stereocenters. The second kappa shape index (κ2) is 7.92. The van der Waals surface area contributed by atoms with Crippen LogP contribution in [0.5, 0.6) is 5.88 Å². The number of ether oxygens (including phenoxy) is 1. The second-order valence-corrected chi connectivity index (χ2v) is 6.16. The zero-order valence-corrected chi connectivity index (χ0v) is 15.7. The van der Waals surface area contributed by atoms with E-state index in [4.69, 9.17) is 4.74 Å². The SMILES string of the molecule is CNC(=O)c1cc(OC)n(C(C)c2ccc(F)cc2-c2ccccc2C#N)n1. The molecule has 2 aromatic carbocycles. The maximum atomic E-state index is 14.1. The molecule has 1 aromatic heterocycles. The number of methoxy groups -OCH3 is 1. The fourth-order valence-electron chi connectivity index (χ4n) is 3.12. The summed E-state index contributed by atoms with van der Waals surface area (Å²) in [6.07, 6.45) is 0. The summed E-state index contributed by atoms with van der Waals surface area (Å²) >= 11 is 0. The van der Waals surface area contributed by atoms with Crippen molar-refractivity contribution in [3.63, 3.8) is 0 Å². The van der Waals surface area contributed by atoms with Crippen LogP contribution in [-0.2, 0) is 0 Å². The average molecular weight is 378 g/mol. The number of carbonyl (C=O) groups is 1. The Bertz CT molecular complexity index is 1070. The minimum atomic E-state index is -0.405. The second-order valence-electron chi connectivity index (χ2n) is 6.16. The molecule has 6 nitrogen and oxygen atoms in total. The smallest absolute Gasteiger partial charge is 0.271 e. The number of hydrogen-bond donors (Lipinski definition) is 1. The minimum Gasteiger partial charge on any atom is -0.481 e. The van der Waals surface area contributed by atoms with E-state index in [9.17, 15) is 14.4 Å². The van der Waals surface area contributed by atoms with E-state index in [1.807, 2.05) is 6.92 Å². The van der Waals surface area contributed by atoms with Crippen molar-refractivity contribution in [2.75, 3.05) is 14.2 Å². The molecular formula is C21H19FN4O2. The highest BCUT2D eigenvalue weighted by atomic mass is 19.1. The van der Waals surface area contributed by atoms with Gasteiger partial charge in [0.05, 0.1) is 24.8 Å². The van der Waals surface area contributed by atoms with Gasteiger partial charge < -0.3 is 10.1 Å². The molecule has 0 aliphatic heterocycles. The number of rotatable bonds is 5. The molecule has 3 rings (SSSR count). The molecule has 0 aliphatic rings. The van der Waals surface area contributed by atoms with Crippen LogP contribution >= 0.6 is 0 Å². The van der Waals surface area contributed by atoms with Crippen LogP contribution in [0.2, 0.25) is 0 Å². The highest BCUT2D eigenvalue weighted by Crippen LogP contribution is 2.34. The third kappa shape index (κ3) is 3.45. The van der Waals surface area contributed by atoms with Gasteiger partial charge in [0.25, 0.3) is 5.91 Å². The van der Waals surface area contributed by atoms with Gasteiger partial charge in [-0.25, -0.2) is 9.07 Å². The highest BCUT2D eigenvalue weighted by Gasteiger charge is 2.22. The number of aromatic nitrogens is 2. The first-order valence-electron chi connectivity index (χ1n) is 8.64. The molecule has 0 saturated carbocycles. The van der Waals surface area contributed by atoms with Crippen LogP contribution in [0.15, 0.2) is 48.5 Å². The zero-order valence-electron chi connectivity index (χ0n) is 15.7. The molecule has 1 unspecified atom stereocenters. The van der Waals surface area contributed by atoms with E-state index < -0.39 is 5.82 Å². The zero-order chi connectivity index (χ0) is 20.3. The first-order valence-corrected chi connectivity index (χ1v) is 8.64. The van der Waals surface area contributed by atoms with Crippen LogP contribution in [0.1, 0.15) is 34.6 Å². The maximum absolute atomic E-state index is 14.1. The first-order chi connectivity index (χ1) is 13.5. The van der Waals surface area contributed by atoms with Crippen molar-refractivity contribution in [1.29, 1.82) is 5.26 Å². The molecule has 1 N–H and O–H groups in total. The summed E-state index contributed by atoms with van der Waals surface area (Å²) in [7, 11) is 3.01. The maximum Gasteiger partial charge on any atom is 0.271 e. The first kappa shape index (κ1) is 19.1. The average Bonchev–Trinajstić information content (AvgIpc) is 3.17. The fourth-order valence-corrected chi connectivity index (χ4v) is 3.12. The number of carbonyl (C=O) groups excluding carboxylic acids is 1. The Hall–Kier alpha value is -3.66. The van der Waals surface area contributed by atoms with Gasteiger partial charge in [0.1, 0.15) is 5.82 Å². The molecule has 0 spiro atoms. The molecule has 28 heavy (non-hydrogen) atoms. The van der Waals surface area contributed by atoms with Gasteiger partial charge in [-0.3, -0.25) is 4.79 Å². The molecule has 3 aromatic rings. The molecule has 0 fully saturated rings. The Morgan fingerprint density at radius 2 is 2.00 bits per heavy atom. The van der Waals surface area contributed by atoms with Gasteiger partial charge in [-0.1, -0.05) is 24.3 Å². The standard InChI is InChI=1S/C21H19FN4O2/c1-13(26-20(28-3)11-19(25-26)21(27)24-2)16-9-8-15(22)10-18(16)17-7-5-4-6-14(17)12-23/h4-11,13H,1-3H3,(H,24,27). The van der Waals surface area contributed by atoms with Gasteiger partial charge in [0.15, 0.2) is 5.69 Å². The van der Waals surface area contributed by atoms with E-state index >= 15 is 0 Å². The van der Waals surface area contributed by atoms with E-state index in [1.165, 1.54) is 26.3 Å². The number of benzene rings is 2. The molecule has 142 valence electrons. The van der Waals surface area contributed by atoms with E-state index in [2.05, 4.69) is 16.5 Å². The van der Waals surface area contributed by atoms with E-state index in [-0.39, 0.29) is 17.6 Å². The monoisotopic (exact) mass is 378 g/mol. The van der Waals surface area contributed by atoms with Gasteiger partial charge >= 0.3 is 0 Å². The number of nitrogens with zero attached hydrogens (tertiary/aromatic N) is 3. The fraction of sp³-hybridized carbons (Fsp3) is 0.190. The number of amides is 1. The number of nitrogens with one attached hydrogen (secondary N) is 1. The van der Waals surface area contributed by atoms with Gasteiger partial charge in [-0.2, -0.15) is 10.4 Å². The largest absolute Gasteiger partial charge is 0.481 e. The summed E-state index contributed by atoms with van der Waals surface area (Å²) in [5, 5.41) is 16.3. The molecule has 7 heteroatoms. The van der Waals surface area contributed by atoms with Crippen LogP contribution in [-0.4, -0.2) is 29.8 Å². The van der Waals surface area contributed by atoms with Crippen molar-refractivity contribution in [3.05, 3.63) is 71.2 Å². The summed E-state index contributed by atoms with van der Waals surface area (Å²) in [6.45, 7) is 1.87. The lowest BCUT2D eigenvalue weighted by molar-refractivity contribution is 0.0957. The van der Waals surface area contributed by atoms with Gasteiger partial charge in [0.2, 0.25) is 5.88 Å². The van der Waals surface area contributed by atoms with E-state index in [1.54, 1.807) is 41.1 Å².